The van der Waals surface area contributed by atoms with E-state index in [9.17, 15) is 4.79 Å². The second-order valence-electron chi connectivity index (χ2n) is 6.75. The number of hydrogen-bond acceptors (Lipinski definition) is 5. The number of carbonyl (C=O) groups excluding carboxylic acids is 1. The topological polar surface area (TPSA) is 51.1 Å². The molecule has 6 heteroatoms. The maximum absolute atomic E-state index is 12.2. The molecule has 2 aromatic carbocycles. The average molecular weight is 394 g/mol. The normalized spacial score (nSPS) is 18.5. The SMILES string of the molecule is Cc1ccc(COc2ccc(/C=C3/SC(N4CCOCC4)=NC3=O)cc2)cc1. The quantitative estimate of drug-likeness (QED) is 0.737. The number of rotatable bonds is 4. The molecular formula is C22H22N2O3S. The highest BCUT2D eigenvalue weighted by atomic mass is 32.2. The molecule has 28 heavy (non-hydrogen) atoms. The predicted molar refractivity (Wildman–Crippen MR) is 112 cm³/mol. The van der Waals surface area contributed by atoms with Crippen molar-refractivity contribution in [2.45, 2.75) is 13.5 Å². The number of thioether (sulfide) groups is 1. The van der Waals surface area contributed by atoms with Gasteiger partial charge in [-0.15, -0.1) is 0 Å². The van der Waals surface area contributed by atoms with E-state index in [1.165, 1.54) is 17.3 Å². The summed E-state index contributed by atoms with van der Waals surface area (Å²) in [6, 6.07) is 16.1. The summed E-state index contributed by atoms with van der Waals surface area (Å²) in [5.41, 5.74) is 3.33. The van der Waals surface area contributed by atoms with E-state index in [4.69, 9.17) is 9.47 Å². The van der Waals surface area contributed by atoms with Crippen molar-refractivity contribution in [3.8, 4) is 5.75 Å². The molecule has 2 aliphatic heterocycles. The molecule has 0 saturated carbocycles. The first kappa shape index (κ1) is 18.8. The summed E-state index contributed by atoms with van der Waals surface area (Å²) in [5.74, 6) is 0.629. The van der Waals surface area contributed by atoms with E-state index in [-0.39, 0.29) is 5.91 Å². The van der Waals surface area contributed by atoms with Crippen molar-refractivity contribution in [3.63, 3.8) is 0 Å². The first-order chi connectivity index (χ1) is 13.7. The Labute approximate surface area is 169 Å². The molecule has 1 fully saturated rings. The largest absolute Gasteiger partial charge is 0.489 e. The van der Waals surface area contributed by atoms with Crippen molar-refractivity contribution in [1.29, 1.82) is 0 Å². The van der Waals surface area contributed by atoms with Gasteiger partial charge >= 0.3 is 0 Å². The highest BCUT2D eigenvalue weighted by Crippen LogP contribution is 2.30. The van der Waals surface area contributed by atoms with Crippen LogP contribution in [0.3, 0.4) is 0 Å². The van der Waals surface area contributed by atoms with Gasteiger partial charge in [0.05, 0.1) is 18.1 Å². The van der Waals surface area contributed by atoms with Gasteiger partial charge in [-0.3, -0.25) is 4.79 Å². The van der Waals surface area contributed by atoms with Crippen molar-refractivity contribution in [2.24, 2.45) is 4.99 Å². The van der Waals surface area contributed by atoms with Crippen LogP contribution in [-0.2, 0) is 16.1 Å². The van der Waals surface area contributed by atoms with Crippen LogP contribution in [0.2, 0.25) is 0 Å². The van der Waals surface area contributed by atoms with Crippen LogP contribution in [0.1, 0.15) is 16.7 Å². The third-order valence-electron chi connectivity index (χ3n) is 4.59. The fraction of sp³-hybridized carbons (Fsp3) is 0.273. The molecule has 0 bridgehead atoms. The molecule has 1 amide bonds. The van der Waals surface area contributed by atoms with Crippen molar-refractivity contribution in [3.05, 3.63) is 70.1 Å². The Balaban J connectivity index is 1.36. The minimum absolute atomic E-state index is 0.175. The van der Waals surface area contributed by atoms with E-state index in [1.54, 1.807) is 0 Å². The molecule has 2 aliphatic rings. The molecule has 0 spiro atoms. The summed E-state index contributed by atoms with van der Waals surface area (Å²) >= 11 is 1.43. The van der Waals surface area contributed by atoms with Gasteiger partial charge in [-0.25, -0.2) is 0 Å². The van der Waals surface area contributed by atoms with Crippen molar-refractivity contribution in [1.82, 2.24) is 4.90 Å². The number of hydrogen-bond donors (Lipinski definition) is 0. The molecule has 4 rings (SSSR count). The van der Waals surface area contributed by atoms with E-state index in [2.05, 4.69) is 41.1 Å². The number of ether oxygens (including phenoxy) is 2. The van der Waals surface area contributed by atoms with Crippen LogP contribution in [0.15, 0.2) is 58.4 Å². The number of nitrogens with zero attached hydrogens (tertiary/aromatic N) is 2. The number of benzene rings is 2. The highest BCUT2D eigenvalue weighted by molar-refractivity contribution is 8.18. The predicted octanol–water partition coefficient (Wildman–Crippen LogP) is 3.88. The fourth-order valence-corrected chi connectivity index (χ4v) is 3.92. The maximum Gasteiger partial charge on any atom is 0.286 e. The Kier molecular flexibility index (Phi) is 5.78. The van der Waals surface area contributed by atoms with E-state index in [0.717, 1.165) is 35.1 Å². The first-order valence-electron chi connectivity index (χ1n) is 9.31. The molecule has 0 atom stereocenters. The van der Waals surface area contributed by atoms with Gasteiger partial charge in [0.15, 0.2) is 5.17 Å². The minimum atomic E-state index is -0.175. The number of aryl methyl sites for hydroxylation is 1. The van der Waals surface area contributed by atoms with Crippen LogP contribution in [-0.4, -0.2) is 42.3 Å². The molecule has 0 aromatic heterocycles. The van der Waals surface area contributed by atoms with Gasteiger partial charge in [-0.1, -0.05) is 42.0 Å². The van der Waals surface area contributed by atoms with Crippen molar-refractivity contribution < 1.29 is 14.3 Å². The van der Waals surface area contributed by atoms with Crippen LogP contribution in [0.4, 0.5) is 0 Å². The Morgan fingerprint density at radius 3 is 2.54 bits per heavy atom. The number of morpholine rings is 1. The lowest BCUT2D eigenvalue weighted by molar-refractivity contribution is -0.113. The van der Waals surface area contributed by atoms with Gasteiger partial charge in [-0.2, -0.15) is 4.99 Å². The van der Waals surface area contributed by atoms with Crippen LogP contribution < -0.4 is 4.74 Å². The average Bonchev–Trinajstić information content (AvgIpc) is 3.10. The minimum Gasteiger partial charge on any atom is -0.489 e. The molecule has 0 radical (unpaired) electrons. The number of amidine groups is 1. The molecular weight excluding hydrogens is 372 g/mol. The molecule has 0 aliphatic carbocycles. The molecule has 2 aromatic rings. The first-order valence-corrected chi connectivity index (χ1v) is 10.1. The lowest BCUT2D eigenvalue weighted by Crippen LogP contribution is -2.38. The molecule has 1 saturated heterocycles. The summed E-state index contributed by atoms with van der Waals surface area (Å²) < 4.78 is 11.2. The summed E-state index contributed by atoms with van der Waals surface area (Å²) in [7, 11) is 0. The van der Waals surface area contributed by atoms with Crippen LogP contribution in [0.25, 0.3) is 6.08 Å². The summed E-state index contributed by atoms with van der Waals surface area (Å²) in [5, 5.41) is 0.776. The fourth-order valence-electron chi connectivity index (χ4n) is 2.95. The van der Waals surface area contributed by atoms with Gasteiger partial charge < -0.3 is 14.4 Å². The summed E-state index contributed by atoms with van der Waals surface area (Å²) in [6.07, 6.45) is 1.88. The Bertz CT molecular complexity index is 898. The van der Waals surface area contributed by atoms with E-state index >= 15 is 0 Å². The van der Waals surface area contributed by atoms with E-state index in [1.807, 2.05) is 30.3 Å². The van der Waals surface area contributed by atoms with Gasteiger partial charge in [0.1, 0.15) is 12.4 Å². The van der Waals surface area contributed by atoms with Gasteiger partial charge in [0, 0.05) is 13.1 Å². The zero-order valence-electron chi connectivity index (χ0n) is 15.8. The highest BCUT2D eigenvalue weighted by Gasteiger charge is 2.27. The lowest BCUT2D eigenvalue weighted by Gasteiger charge is -2.27. The third kappa shape index (κ3) is 4.64. The standard InChI is InChI=1S/C22H22N2O3S/c1-16-2-4-18(5-3-16)15-27-19-8-6-17(7-9-19)14-20-21(25)23-22(28-20)24-10-12-26-13-11-24/h2-9,14H,10-13,15H2,1H3/b20-14+. The van der Waals surface area contributed by atoms with Crippen LogP contribution in [0.5, 0.6) is 5.75 Å². The maximum atomic E-state index is 12.2. The zero-order valence-corrected chi connectivity index (χ0v) is 16.6. The Morgan fingerprint density at radius 2 is 1.82 bits per heavy atom. The van der Waals surface area contributed by atoms with Crippen LogP contribution >= 0.6 is 11.8 Å². The van der Waals surface area contributed by atoms with Crippen molar-refractivity contribution >= 4 is 28.9 Å². The zero-order chi connectivity index (χ0) is 19.3. The summed E-state index contributed by atoms with van der Waals surface area (Å²) in [4.78, 5) is 19.2. The second kappa shape index (κ2) is 8.63. The van der Waals surface area contributed by atoms with Crippen LogP contribution in [0, 0.1) is 6.92 Å². The van der Waals surface area contributed by atoms with E-state index in [0.29, 0.717) is 24.7 Å². The molecule has 0 N–H and O–H groups in total. The van der Waals surface area contributed by atoms with Gasteiger partial charge in [-0.05, 0) is 48.0 Å². The smallest absolute Gasteiger partial charge is 0.286 e. The second-order valence-corrected chi connectivity index (χ2v) is 7.76. The lowest BCUT2D eigenvalue weighted by atomic mass is 10.1. The third-order valence-corrected chi connectivity index (χ3v) is 5.64. The van der Waals surface area contributed by atoms with Crippen molar-refractivity contribution in [2.75, 3.05) is 26.3 Å². The molecule has 0 unspecified atom stereocenters. The monoisotopic (exact) mass is 394 g/mol. The molecule has 2 heterocycles. The molecule has 144 valence electrons. The summed E-state index contributed by atoms with van der Waals surface area (Å²) in [6.45, 7) is 5.51. The Morgan fingerprint density at radius 1 is 1.11 bits per heavy atom. The number of amides is 1. The number of aliphatic imine (C=N–C) groups is 1. The Hall–Kier alpha value is -2.57. The van der Waals surface area contributed by atoms with Gasteiger partial charge in [0.2, 0.25) is 0 Å². The van der Waals surface area contributed by atoms with E-state index < -0.39 is 0 Å². The van der Waals surface area contributed by atoms with Gasteiger partial charge in [0.25, 0.3) is 5.91 Å². The number of carbonyl (C=O) groups is 1. The molecule has 5 nitrogen and oxygen atoms in total.